The van der Waals surface area contributed by atoms with E-state index in [9.17, 15) is 0 Å². The van der Waals surface area contributed by atoms with Gasteiger partial charge in [0.1, 0.15) is 17.2 Å². The molecule has 0 unspecified atom stereocenters. The molecule has 0 spiro atoms. The van der Waals surface area contributed by atoms with Gasteiger partial charge in [-0.15, -0.1) is 5.10 Å². The number of rotatable bonds is 3. The molecule has 3 N–H and O–H groups in total. The minimum Gasteiger partial charge on any atom is -0.402 e. The van der Waals surface area contributed by atoms with E-state index < -0.39 is 0 Å². The van der Waals surface area contributed by atoms with Gasteiger partial charge in [0.15, 0.2) is 0 Å². The van der Waals surface area contributed by atoms with Gasteiger partial charge in [-0.1, -0.05) is 11.6 Å². The molecule has 2 heterocycles. The van der Waals surface area contributed by atoms with Crippen molar-refractivity contribution in [2.75, 3.05) is 0 Å². The fourth-order valence-electron chi connectivity index (χ4n) is 1.16. The third-order valence-corrected chi connectivity index (χ3v) is 2.28. The molecule has 0 atom stereocenters. The summed E-state index contributed by atoms with van der Waals surface area (Å²) in [6.07, 6.45) is 2.93. The number of nitrogens with two attached hydrogens (primary N) is 1. The van der Waals surface area contributed by atoms with Crippen LogP contribution in [0, 0.1) is 5.41 Å². The molecule has 0 bridgehead atoms. The summed E-state index contributed by atoms with van der Waals surface area (Å²) in [5, 5.41) is 11.4. The fraction of sp³-hybridized carbons (Fsp3) is 0.111. The van der Waals surface area contributed by atoms with Gasteiger partial charge in [0.25, 0.3) is 0 Å². The monoisotopic (exact) mass is 252 g/mol. The second-order valence-electron chi connectivity index (χ2n) is 3.19. The van der Waals surface area contributed by atoms with E-state index in [0.717, 1.165) is 0 Å². The first-order valence-corrected chi connectivity index (χ1v) is 4.98. The molecular formula is C9H9ClN6O. The SMILES string of the molecule is Cn1cnc(Oc2nccc(C(=N)N)c2Cl)n1. The molecule has 7 nitrogen and oxygen atoms in total. The third-order valence-electron chi connectivity index (χ3n) is 1.91. The van der Waals surface area contributed by atoms with E-state index in [0.29, 0.717) is 5.56 Å². The Labute approximate surface area is 102 Å². The van der Waals surface area contributed by atoms with Gasteiger partial charge in [0.05, 0.1) is 0 Å². The first-order valence-electron chi connectivity index (χ1n) is 4.60. The minimum absolute atomic E-state index is 0.116. The molecule has 2 rings (SSSR count). The molecule has 0 radical (unpaired) electrons. The van der Waals surface area contributed by atoms with Gasteiger partial charge < -0.3 is 10.5 Å². The van der Waals surface area contributed by atoms with Gasteiger partial charge in [-0.3, -0.25) is 10.1 Å². The Kier molecular flexibility index (Phi) is 2.92. The normalized spacial score (nSPS) is 10.2. The van der Waals surface area contributed by atoms with Gasteiger partial charge in [0.2, 0.25) is 5.88 Å². The largest absolute Gasteiger partial charge is 0.402 e. The number of halogens is 1. The molecule has 2 aromatic rings. The van der Waals surface area contributed by atoms with Gasteiger partial charge in [-0.05, 0) is 6.07 Å². The quantitative estimate of drug-likeness (QED) is 0.625. The summed E-state index contributed by atoms with van der Waals surface area (Å²) < 4.78 is 6.77. The smallest absolute Gasteiger partial charge is 0.342 e. The standard InChI is InChI=1S/C9H9ClN6O/c1-16-4-14-9(15-16)17-8-6(10)5(7(11)12)2-3-13-8/h2-4H,1H3,(H3,11,12). The van der Waals surface area contributed by atoms with Gasteiger partial charge in [-0.2, -0.15) is 4.98 Å². The van der Waals surface area contributed by atoms with Gasteiger partial charge in [0, 0.05) is 18.8 Å². The number of aromatic nitrogens is 4. The highest BCUT2D eigenvalue weighted by Gasteiger charge is 2.13. The lowest BCUT2D eigenvalue weighted by Crippen LogP contribution is -2.12. The Morgan fingerprint density at radius 3 is 2.88 bits per heavy atom. The molecule has 17 heavy (non-hydrogen) atoms. The van der Waals surface area contributed by atoms with Crippen LogP contribution in [0.25, 0.3) is 0 Å². The van der Waals surface area contributed by atoms with E-state index in [4.69, 9.17) is 27.5 Å². The zero-order valence-electron chi connectivity index (χ0n) is 8.88. The van der Waals surface area contributed by atoms with Crippen LogP contribution in [0.5, 0.6) is 11.9 Å². The molecule has 0 aliphatic carbocycles. The maximum Gasteiger partial charge on any atom is 0.342 e. The highest BCUT2D eigenvalue weighted by Crippen LogP contribution is 2.27. The maximum absolute atomic E-state index is 7.33. The highest BCUT2D eigenvalue weighted by atomic mass is 35.5. The lowest BCUT2D eigenvalue weighted by molar-refractivity contribution is 0.422. The highest BCUT2D eigenvalue weighted by molar-refractivity contribution is 6.35. The summed E-state index contributed by atoms with van der Waals surface area (Å²) in [6, 6.07) is 1.66. The Morgan fingerprint density at radius 1 is 1.53 bits per heavy atom. The van der Waals surface area contributed by atoms with Crippen LogP contribution in [-0.2, 0) is 7.05 Å². The Morgan fingerprint density at radius 2 is 2.29 bits per heavy atom. The van der Waals surface area contributed by atoms with Gasteiger partial charge >= 0.3 is 6.01 Å². The first-order chi connectivity index (χ1) is 8.08. The molecule has 88 valence electrons. The predicted octanol–water partition coefficient (Wildman–Crippen LogP) is 0.940. The van der Waals surface area contributed by atoms with Crippen molar-refractivity contribution in [1.82, 2.24) is 19.7 Å². The average molecular weight is 253 g/mol. The number of ether oxygens (including phenoxy) is 1. The lowest BCUT2D eigenvalue weighted by Gasteiger charge is -2.05. The second kappa shape index (κ2) is 4.38. The van der Waals surface area contributed by atoms with Crippen molar-refractivity contribution >= 4 is 17.4 Å². The maximum atomic E-state index is 7.33. The minimum atomic E-state index is -0.156. The van der Waals surface area contributed by atoms with Crippen LogP contribution in [-0.4, -0.2) is 25.6 Å². The molecule has 2 aromatic heterocycles. The van der Waals surface area contributed by atoms with Crippen LogP contribution in [0.2, 0.25) is 5.02 Å². The molecular weight excluding hydrogens is 244 g/mol. The molecule has 0 fully saturated rings. The first kappa shape index (κ1) is 11.3. The van der Waals surface area contributed by atoms with E-state index in [1.165, 1.54) is 23.3 Å². The van der Waals surface area contributed by atoms with Crippen LogP contribution >= 0.6 is 11.6 Å². The van der Waals surface area contributed by atoms with E-state index in [1.54, 1.807) is 7.05 Å². The zero-order valence-corrected chi connectivity index (χ0v) is 9.64. The summed E-state index contributed by atoms with van der Waals surface area (Å²) in [7, 11) is 1.71. The lowest BCUT2D eigenvalue weighted by atomic mass is 10.2. The summed E-state index contributed by atoms with van der Waals surface area (Å²) in [5.41, 5.74) is 5.72. The van der Waals surface area contributed by atoms with Crippen molar-refractivity contribution in [2.45, 2.75) is 0 Å². The van der Waals surface area contributed by atoms with E-state index in [-0.39, 0.29) is 22.7 Å². The number of hydrogen-bond acceptors (Lipinski definition) is 5. The van der Waals surface area contributed by atoms with E-state index >= 15 is 0 Å². The zero-order chi connectivity index (χ0) is 12.4. The van der Waals surface area contributed by atoms with E-state index in [1.807, 2.05) is 0 Å². The van der Waals surface area contributed by atoms with Crippen molar-refractivity contribution in [2.24, 2.45) is 12.8 Å². The Bertz CT molecular complexity index is 566. The number of pyridine rings is 1. The fourth-order valence-corrected chi connectivity index (χ4v) is 1.41. The van der Waals surface area contributed by atoms with Crippen molar-refractivity contribution in [1.29, 1.82) is 5.41 Å². The summed E-state index contributed by atoms with van der Waals surface area (Å²) in [6.45, 7) is 0. The molecule has 0 aliphatic rings. The summed E-state index contributed by atoms with van der Waals surface area (Å²) in [4.78, 5) is 7.80. The predicted molar refractivity (Wildman–Crippen MR) is 61.3 cm³/mol. The number of hydrogen-bond donors (Lipinski definition) is 2. The van der Waals surface area contributed by atoms with Crippen molar-refractivity contribution in [3.05, 3.63) is 29.2 Å². The molecule has 0 amide bonds. The Hall–Kier alpha value is -2.15. The number of nitrogens with zero attached hydrogens (tertiary/aromatic N) is 4. The number of aryl methyl sites for hydroxylation is 1. The van der Waals surface area contributed by atoms with Crippen LogP contribution in [0.3, 0.4) is 0 Å². The summed E-state index contributed by atoms with van der Waals surface area (Å²) >= 11 is 5.99. The summed E-state index contributed by atoms with van der Waals surface area (Å²) in [5.74, 6) is -0.0400. The molecule has 0 saturated carbocycles. The molecule has 0 aliphatic heterocycles. The molecule has 8 heteroatoms. The van der Waals surface area contributed by atoms with Crippen molar-refractivity contribution < 1.29 is 4.74 Å². The average Bonchev–Trinajstić information content (AvgIpc) is 2.67. The van der Waals surface area contributed by atoms with Crippen molar-refractivity contribution in [3.63, 3.8) is 0 Å². The van der Waals surface area contributed by atoms with Crippen LogP contribution < -0.4 is 10.5 Å². The number of amidine groups is 1. The van der Waals surface area contributed by atoms with Crippen LogP contribution in [0.1, 0.15) is 5.56 Å². The Balaban J connectivity index is 2.33. The number of nitrogens with one attached hydrogen (secondary N) is 1. The number of nitrogen functional groups attached to an aromatic ring is 1. The molecule has 0 aromatic carbocycles. The third kappa shape index (κ3) is 2.34. The second-order valence-corrected chi connectivity index (χ2v) is 3.57. The van der Waals surface area contributed by atoms with E-state index in [2.05, 4.69) is 15.1 Å². The van der Waals surface area contributed by atoms with Crippen molar-refractivity contribution in [3.8, 4) is 11.9 Å². The topological polar surface area (TPSA) is 103 Å². The van der Waals surface area contributed by atoms with Crippen LogP contribution in [0.4, 0.5) is 0 Å². The van der Waals surface area contributed by atoms with Gasteiger partial charge in [-0.25, -0.2) is 4.98 Å². The molecule has 0 saturated heterocycles. The van der Waals surface area contributed by atoms with Crippen LogP contribution in [0.15, 0.2) is 18.6 Å².